The van der Waals surface area contributed by atoms with Crippen molar-refractivity contribution in [1.82, 2.24) is 14.1 Å². The number of pyridine rings is 1. The van der Waals surface area contributed by atoms with Crippen molar-refractivity contribution >= 4 is 33.6 Å². The monoisotopic (exact) mass is 368 g/mol. The summed E-state index contributed by atoms with van der Waals surface area (Å²) in [5.41, 5.74) is -0.595. The molecule has 136 valence electrons. The Hall–Kier alpha value is -3.75. The van der Waals surface area contributed by atoms with E-state index < -0.39 is 23.0 Å². The number of nitrogens with zero attached hydrogens (tertiary/aromatic N) is 3. The number of aromatic nitrogens is 3. The molecule has 0 saturated heterocycles. The summed E-state index contributed by atoms with van der Waals surface area (Å²) in [7, 11) is 2.86. The fourth-order valence-electron chi connectivity index (χ4n) is 2.87. The average molecular weight is 368 g/mol. The number of carbonyl (C=O) groups excluding carboxylic acids is 1. The van der Waals surface area contributed by atoms with Crippen LogP contribution in [0.15, 0.2) is 50.5 Å². The minimum atomic E-state index is -0.617. The summed E-state index contributed by atoms with van der Waals surface area (Å²) in [6.07, 6.45) is 1.32. The molecule has 0 aliphatic carbocycles. The Kier molecular flexibility index (Phi) is 3.65. The van der Waals surface area contributed by atoms with Gasteiger partial charge in [-0.2, -0.15) is 0 Å². The Balaban J connectivity index is 1.74. The number of aryl methyl sites for hydroxylation is 1. The van der Waals surface area contributed by atoms with Gasteiger partial charge in [-0.05, 0) is 18.2 Å². The van der Waals surface area contributed by atoms with Gasteiger partial charge in [0.2, 0.25) is 0 Å². The number of furan rings is 1. The first-order chi connectivity index (χ1) is 12.9. The number of fused-ring (bicyclic) bond motifs is 2. The van der Waals surface area contributed by atoms with Gasteiger partial charge in [-0.3, -0.25) is 18.7 Å². The molecule has 27 heavy (non-hydrogen) atoms. The lowest BCUT2D eigenvalue weighted by Gasteiger charge is -2.08. The van der Waals surface area contributed by atoms with Gasteiger partial charge in [-0.15, -0.1) is 0 Å². The summed E-state index contributed by atoms with van der Waals surface area (Å²) < 4.78 is 21.2. The molecule has 0 fully saturated rings. The van der Waals surface area contributed by atoms with Crippen LogP contribution in [-0.4, -0.2) is 20.0 Å². The van der Waals surface area contributed by atoms with Crippen LogP contribution in [0.5, 0.6) is 0 Å². The maximum atomic E-state index is 13.7. The molecule has 0 atom stereocenters. The van der Waals surface area contributed by atoms with E-state index in [4.69, 9.17) is 4.42 Å². The molecule has 3 aromatic heterocycles. The van der Waals surface area contributed by atoms with E-state index >= 15 is 0 Å². The van der Waals surface area contributed by atoms with Gasteiger partial charge in [0, 0.05) is 19.5 Å². The van der Waals surface area contributed by atoms with Gasteiger partial charge in [-0.25, -0.2) is 14.2 Å². The number of nitrogens with one attached hydrogen (secondary N) is 1. The lowest BCUT2D eigenvalue weighted by molar-refractivity contribution is 0.0998. The van der Waals surface area contributed by atoms with Gasteiger partial charge >= 0.3 is 5.69 Å². The van der Waals surface area contributed by atoms with E-state index in [-0.39, 0.29) is 28.1 Å². The molecule has 0 bridgehead atoms. The molecule has 9 heteroatoms. The molecule has 0 radical (unpaired) electrons. The van der Waals surface area contributed by atoms with E-state index in [1.54, 1.807) is 6.07 Å². The predicted octanol–water partition coefficient (Wildman–Crippen LogP) is 1.77. The molecule has 4 rings (SSSR count). The Morgan fingerprint density at radius 3 is 2.70 bits per heavy atom. The first-order valence-electron chi connectivity index (χ1n) is 7.92. The second-order valence-corrected chi connectivity index (χ2v) is 6.02. The third-order valence-corrected chi connectivity index (χ3v) is 4.27. The number of anilines is 1. The highest BCUT2D eigenvalue weighted by molar-refractivity contribution is 6.05. The highest BCUT2D eigenvalue weighted by Gasteiger charge is 2.16. The molecule has 3 heterocycles. The molecule has 4 aromatic rings. The number of hydrogen-bond acceptors (Lipinski definition) is 5. The number of halogens is 1. The topological polar surface area (TPSA) is 99.1 Å². The number of benzene rings is 1. The van der Waals surface area contributed by atoms with Crippen molar-refractivity contribution in [3.05, 3.63) is 68.9 Å². The predicted molar refractivity (Wildman–Crippen MR) is 96.4 cm³/mol. The molecule has 0 unspecified atom stereocenters. The van der Waals surface area contributed by atoms with Crippen LogP contribution in [-0.2, 0) is 14.1 Å². The number of rotatable bonds is 2. The Morgan fingerprint density at radius 1 is 1.19 bits per heavy atom. The van der Waals surface area contributed by atoms with Crippen LogP contribution in [0.4, 0.5) is 10.1 Å². The molecular formula is C18H13FN4O4. The summed E-state index contributed by atoms with van der Waals surface area (Å²) in [6, 6.07) is 7.22. The lowest BCUT2D eigenvalue weighted by Crippen LogP contribution is -2.37. The molecular weight excluding hydrogens is 355 g/mol. The highest BCUT2D eigenvalue weighted by Crippen LogP contribution is 2.23. The second kappa shape index (κ2) is 5.90. The van der Waals surface area contributed by atoms with Crippen LogP contribution in [0.2, 0.25) is 0 Å². The van der Waals surface area contributed by atoms with Crippen LogP contribution >= 0.6 is 0 Å². The number of amides is 1. The van der Waals surface area contributed by atoms with E-state index in [0.29, 0.717) is 5.39 Å². The summed E-state index contributed by atoms with van der Waals surface area (Å²) in [6.45, 7) is 0. The smallest absolute Gasteiger partial charge is 0.332 e. The third-order valence-electron chi connectivity index (χ3n) is 4.27. The maximum absolute atomic E-state index is 13.7. The van der Waals surface area contributed by atoms with Crippen molar-refractivity contribution in [1.29, 1.82) is 0 Å². The van der Waals surface area contributed by atoms with Crippen LogP contribution in [0.3, 0.4) is 0 Å². The van der Waals surface area contributed by atoms with Crippen molar-refractivity contribution < 1.29 is 13.6 Å². The number of hydrogen-bond donors (Lipinski definition) is 1. The van der Waals surface area contributed by atoms with Crippen LogP contribution < -0.4 is 16.6 Å². The molecule has 0 aliphatic rings. The average Bonchev–Trinajstić information content (AvgIpc) is 3.10. The summed E-state index contributed by atoms with van der Waals surface area (Å²) in [4.78, 5) is 40.7. The van der Waals surface area contributed by atoms with Crippen molar-refractivity contribution in [3.8, 4) is 0 Å². The Bertz CT molecular complexity index is 1350. The van der Waals surface area contributed by atoms with Crippen LogP contribution in [0.1, 0.15) is 10.6 Å². The van der Waals surface area contributed by atoms with Crippen molar-refractivity contribution in [2.75, 3.05) is 5.32 Å². The number of carbonyl (C=O) groups is 1. The van der Waals surface area contributed by atoms with Crippen LogP contribution in [0.25, 0.3) is 22.0 Å². The molecule has 1 amide bonds. The SMILES string of the molecule is Cn1c(=O)c2cc(NC(=O)c3cc4cccc(F)c4o3)cnc2n(C)c1=O. The van der Waals surface area contributed by atoms with Gasteiger partial charge in [-0.1, -0.05) is 12.1 Å². The molecule has 1 N–H and O–H groups in total. The quantitative estimate of drug-likeness (QED) is 0.581. The Labute approximate surface area is 150 Å². The van der Waals surface area contributed by atoms with Gasteiger partial charge in [0.05, 0.1) is 17.3 Å². The zero-order valence-corrected chi connectivity index (χ0v) is 14.3. The van der Waals surface area contributed by atoms with Gasteiger partial charge in [0.15, 0.2) is 17.2 Å². The van der Waals surface area contributed by atoms with E-state index in [1.807, 2.05) is 0 Å². The molecule has 8 nitrogen and oxygen atoms in total. The maximum Gasteiger partial charge on any atom is 0.332 e. The van der Waals surface area contributed by atoms with E-state index in [2.05, 4.69) is 10.3 Å². The largest absolute Gasteiger partial charge is 0.448 e. The van der Waals surface area contributed by atoms with E-state index in [0.717, 1.165) is 4.57 Å². The van der Waals surface area contributed by atoms with Crippen molar-refractivity contribution in [3.63, 3.8) is 0 Å². The minimum absolute atomic E-state index is 0.0110. The van der Waals surface area contributed by atoms with Crippen LogP contribution in [0, 0.1) is 5.82 Å². The Morgan fingerprint density at radius 2 is 1.96 bits per heavy atom. The first-order valence-corrected chi connectivity index (χ1v) is 7.92. The standard InChI is InChI=1S/C18H13FN4O4/c1-22-15-11(17(25)23(2)18(22)26)7-10(8-20-15)21-16(24)13-6-9-4-3-5-12(19)14(9)27-13/h3-8H,1-2H3,(H,21,24). The van der Waals surface area contributed by atoms with Crippen molar-refractivity contribution in [2.24, 2.45) is 14.1 Å². The van der Waals surface area contributed by atoms with Gasteiger partial charge in [0.1, 0.15) is 5.65 Å². The fourth-order valence-corrected chi connectivity index (χ4v) is 2.87. The second-order valence-electron chi connectivity index (χ2n) is 6.02. The lowest BCUT2D eigenvalue weighted by atomic mass is 10.2. The molecule has 0 aliphatic heterocycles. The minimum Gasteiger partial charge on any atom is -0.448 e. The van der Waals surface area contributed by atoms with Crippen molar-refractivity contribution in [2.45, 2.75) is 0 Å². The third kappa shape index (κ3) is 2.60. The molecule has 1 aromatic carbocycles. The normalized spacial score (nSPS) is 11.2. The fraction of sp³-hybridized carbons (Fsp3) is 0.111. The summed E-state index contributed by atoms with van der Waals surface area (Å²) in [5, 5.41) is 3.19. The summed E-state index contributed by atoms with van der Waals surface area (Å²) >= 11 is 0. The zero-order chi connectivity index (χ0) is 19.3. The van der Waals surface area contributed by atoms with E-state index in [1.165, 1.54) is 49.1 Å². The summed E-state index contributed by atoms with van der Waals surface area (Å²) in [5.74, 6) is -1.26. The number of para-hydroxylation sites is 1. The molecule has 0 spiro atoms. The van der Waals surface area contributed by atoms with E-state index in [9.17, 15) is 18.8 Å². The van der Waals surface area contributed by atoms with Gasteiger partial charge in [0.25, 0.3) is 11.5 Å². The first kappa shape index (κ1) is 16.7. The molecule has 0 saturated carbocycles. The highest BCUT2D eigenvalue weighted by atomic mass is 19.1. The zero-order valence-electron chi connectivity index (χ0n) is 14.3. The van der Waals surface area contributed by atoms with Gasteiger partial charge < -0.3 is 9.73 Å².